The van der Waals surface area contributed by atoms with Gasteiger partial charge in [-0.05, 0) is 19.4 Å². The highest BCUT2D eigenvalue weighted by Crippen LogP contribution is 2.42. The summed E-state index contributed by atoms with van der Waals surface area (Å²) < 4.78 is 5.28. The average molecular weight is 334 g/mol. The number of thioether (sulfide) groups is 1. The fourth-order valence-corrected chi connectivity index (χ4v) is 4.24. The molecule has 0 saturated carbocycles. The molecule has 1 aromatic rings. The normalized spacial score (nSPS) is 25.0. The number of morpholine rings is 1. The van der Waals surface area contributed by atoms with Gasteiger partial charge in [0.1, 0.15) is 11.9 Å². The number of ether oxygens (including phenoxy) is 1. The number of hydrogen-bond donors (Lipinski definition) is 0. The molecule has 0 spiro atoms. The van der Waals surface area contributed by atoms with Crippen molar-refractivity contribution in [3.05, 3.63) is 35.4 Å². The van der Waals surface area contributed by atoms with Crippen LogP contribution in [0, 0.1) is 6.92 Å². The van der Waals surface area contributed by atoms with Gasteiger partial charge in [-0.1, -0.05) is 29.8 Å². The maximum Gasteiger partial charge on any atom is 0.242 e. The molecule has 2 heterocycles. The number of rotatable bonds is 3. The van der Waals surface area contributed by atoms with Gasteiger partial charge in [-0.2, -0.15) is 0 Å². The molecular weight excluding hydrogens is 312 g/mol. The van der Waals surface area contributed by atoms with Crippen molar-refractivity contribution in [1.82, 2.24) is 9.80 Å². The van der Waals surface area contributed by atoms with Crippen molar-refractivity contribution in [3.63, 3.8) is 0 Å². The summed E-state index contributed by atoms with van der Waals surface area (Å²) in [6.45, 7) is 6.47. The van der Waals surface area contributed by atoms with Crippen LogP contribution in [0.2, 0.25) is 0 Å². The van der Waals surface area contributed by atoms with Crippen molar-refractivity contribution in [1.29, 1.82) is 0 Å². The molecular formula is C17H22N2O3S. The number of hydrogen-bond acceptors (Lipinski definition) is 4. The average Bonchev–Trinajstić information content (AvgIpc) is 2.84. The Kier molecular flexibility index (Phi) is 4.92. The molecule has 0 unspecified atom stereocenters. The molecule has 3 rings (SSSR count). The molecule has 2 fully saturated rings. The van der Waals surface area contributed by atoms with Crippen LogP contribution in [-0.4, -0.2) is 59.7 Å². The van der Waals surface area contributed by atoms with E-state index < -0.39 is 0 Å². The molecule has 0 radical (unpaired) electrons. The third kappa shape index (κ3) is 3.53. The lowest BCUT2D eigenvalue weighted by molar-refractivity contribution is -0.142. The summed E-state index contributed by atoms with van der Waals surface area (Å²) >= 11 is 1.61. The quantitative estimate of drug-likeness (QED) is 0.846. The molecule has 2 aliphatic heterocycles. The smallest absolute Gasteiger partial charge is 0.242 e. The standard InChI is InChI=1S/C17H22N2O3S/c1-12-4-3-5-14(10-12)17-19(16(21)13(2)23-17)11-15(20)18-6-8-22-9-7-18/h3-5,10,13,17H,6-9,11H2,1-2H3/t13-,17+/m0/s1. The molecule has 5 nitrogen and oxygen atoms in total. The first kappa shape index (κ1) is 16.3. The van der Waals surface area contributed by atoms with Crippen LogP contribution in [-0.2, 0) is 14.3 Å². The minimum absolute atomic E-state index is 0.00834. The molecule has 0 aliphatic carbocycles. The zero-order chi connectivity index (χ0) is 16.4. The Labute approximate surface area is 141 Å². The van der Waals surface area contributed by atoms with Gasteiger partial charge >= 0.3 is 0 Å². The first-order chi connectivity index (χ1) is 11.1. The predicted molar refractivity (Wildman–Crippen MR) is 90.1 cm³/mol. The fourth-order valence-electron chi connectivity index (χ4n) is 2.98. The van der Waals surface area contributed by atoms with Crippen molar-refractivity contribution in [3.8, 4) is 0 Å². The van der Waals surface area contributed by atoms with Crippen molar-refractivity contribution in [2.24, 2.45) is 0 Å². The Balaban J connectivity index is 1.76. The van der Waals surface area contributed by atoms with Gasteiger partial charge in [-0.3, -0.25) is 9.59 Å². The van der Waals surface area contributed by atoms with Crippen LogP contribution < -0.4 is 0 Å². The molecule has 0 N–H and O–H groups in total. The van der Waals surface area contributed by atoms with Gasteiger partial charge in [-0.25, -0.2) is 0 Å². The van der Waals surface area contributed by atoms with E-state index in [9.17, 15) is 9.59 Å². The summed E-state index contributed by atoms with van der Waals surface area (Å²) in [5.74, 6) is 0.0529. The number of carbonyl (C=O) groups excluding carboxylic acids is 2. The topological polar surface area (TPSA) is 49.9 Å². The SMILES string of the molecule is Cc1cccc([C@H]2S[C@@H](C)C(=O)N2CC(=O)N2CCOCC2)c1. The number of nitrogens with zero attached hydrogens (tertiary/aromatic N) is 2. The first-order valence-corrected chi connectivity index (χ1v) is 8.88. The predicted octanol–water partition coefficient (Wildman–Crippen LogP) is 1.82. The largest absolute Gasteiger partial charge is 0.378 e. The minimum Gasteiger partial charge on any atom is -0.378 e. The van der Waals surface area contributed by atoms with Gasteiger partial charge in [0.05, 0.1) is 18.5 Å². The molecule has 2 saturated heterocycles. The van der Waals surface area contributed by atoms with Crippen LogP contribution in [0.1, 0.15) is 23.4 Å². The van der Waals surface area contributed by atoms with Crippen LogP contribution >= 0.6 is 11.8 Å². The zero-order valence-corrected chi connectivity index (χ0v) is 14.3. The van der Waals surface area contributed by atoms with E-state index in [0.29, 0.717) is 26.3 Å². The van der Waals surface area contributed by atoms with E-state index in [1.165, 1.54) is 0 Å². The lowest BCUT2D eigenvalue weighted by atomic mass is 10.1. The highest BCUT2D eigenvalue weighted by Gasteiger charge is 2.40. The van der Waals surface area contributed by atoms with Gasteiger partial charge in [-0.15, -0.1) is 11.8 Å². The van der Waals surface area contributed by atoms with E-state index in [1.807, 2.05) is 32.0 Å². The minimum atomic E-state index is -0.113. The van der Waals surface area contributed by atoms with Crippen molar-refractivity contribution in [2.45, 2.75) is 24.5 Å². The van der Waals surface area contributed by atoms with Crippen molar-refractivity contribution < 1.29 is 14.3 Å². The third-order valence-corrected chi connectivity index (χ3v) is 5.64. The third-order valence-electron chi connectivity index (χ3n) is 4.24. The zero-order valence-electron chi connectivity index (χ0n) is 13.5. The highest BCUT2D eigenvalue weighted by atomic mass is 32.2. The number of aryl methyl sites for hydroxylation is 1. The number of carbonyl (C=O) groups is 2. The number of benzene rings is 1. The summed E-state index contributed by atoms with van der Waals surface area (Å²) in [4.78, 5) is 28.5. The molecule has 23 heavy (non-hydrogen) atoms. The van der Waals surface area contributed by atoms with E-state index >= 15 is 0 Å². The summed E-state index contributed by atoms with van der Waals surface area (Å²) in [6.07, 6.45) is 0. The van der Waals surface area contributed by atoms with Crippen LogP contribution in [0.4, 0.5) is 0 Å². The lowest BCUT2D eigenvalue weighted by Crippen LogP contribution is -2.46. The van der Waals surface area contributed by atoms with Crippen LogP contribution in [0.15, 0.2) is 24.3 Å². The van der Waals surface area contributed by atoms with E-state index in [0.717, 1.165) is 11.1 Å². The Hall–Kier alpha value is -1.53. The first-order valence-electron chi connectivity index (χ1n) is 7.94. The van der Waals surface area contributed by atoms with Gasteiger partial charge < -0.3 is 14.5 Å². The van der Waals surface area contributed by atoms with Gasteiger partial charge in [0.2, 0.25) is 11.8 Å². The van der Waals surface area contributed by atoms with Crippen molar-refractivity contribution in [2.75, 3.05) is 32.8 Å². The fraction of sp³-hybridized carbons (Fsp3) is 0.529. The Morgan fingerprint density at radius 3 is 2.78 bits per heavy atom. The van der Waals surface area contributed by atoms with Crippen LogP contribution in [0.25, 0.3) is 0 Å². The molecule has 2 atom stereocenters. The second-order valence-electron chi connectivity index (χ2n) is 6.00. The van der Waals surface area contributed by atoms with Crippen LogP contribution in [0.5, 0.6) is 0 Å². The van der Waals surface area contributed by atoms with Gasteiger partial charge in [0.25, 0.3) is 0 Å². The summed E-state index contributed by atoms with van der Waals surface area (Å²) in [5.41, 5.74) is 2.25. The van der Waals surface area contributed by atoms with E-state index in [4.69, 9.17) is 4.74 Å². The Bertz CT molecular complexity index is 601. The van der Waals surface area contributed by atoms with E-state index in [1.54, 1.807) is 21.6 Å². The van der Waals surface area contributed by atoms with Gasteiger partial charge in [0, 0.05) is 13.1 Å². The Morgan fingerprint density at radius 2 is 2.09 bits per heavy atom. The molecule has 2 aliphatic rings. The maximum absolute atomic E-state index is 12.5. The summed E-state index contributed by atoms with van der Waals surface area (Å²) in [6, 6.07) is 8.16. The number of amides is 2. The maximum atomic E-state index is 12.5. The van der Waals surface area contributed by atoms with E-state index in [-0.39, 0.29) is 29.0 Å². The van der Waals surface area contributed by atoms with E-state index in [2.05, 4.69) is 6.07 Å². The Morgan fingerprint density at radius 1 is 1.35 bits per heavy atom. The monoisotopic (exact) mass is 334 g/mol. The molecule has 6 heteroatoms. The van der Waals surface area contributed by atoms with Crippen molar-refractivity contribution >= 4 is 23.6 Å². The molecule has 2 amide bonds. The summed E-state index contributed by atoms with van der Waals surface area (Å²) in [7, 11) is 0. The second-order valence-corrected chi connectivity index (χ2v) is 7.43. The van der Waals surface area contributed by atoms with Gasteiger partial charge in [0.15, 0.2) is 0 Å². The van der Waals surface area contributed by atoms with Crippen LogP contribution in [0.3, 0.4) is 0 Å². The lowest BCUT2D eigenvalue weighted by Gasteiger charge is -2.30. The highest BCUT2D eigenvalue weighted by molar-refractivity contribution is 8.01. The molecule has 0 aromatic heterocycles. The second kappa shape index (κ2) is 6.93. The molecule has 0 bridgehead atoms. The summed E-state index contributed by atoms with van der Waals surface area (Å²) in [5, 5.41) is -0.194. The molecule has 124 valence electrons. The molecule has 1 aromatic carbocycles.